The Balaban J connectivity index is 0.00000162. The van der Waals surface area contributed by atoms with E-state index in [1.807, 2.05) is 24.3 Å². The second-order valence-electron chi connectivity index (χ2n) is 3.56. The van der Waals surface area contributed by atoms with Gasteiger partial charge in [0.1, 0.15) is 6.04 Å². The van der Waals surface area contributed by atoms with E-state index in [2.05, 4.69) is 15.5 Å². The number of aromatic nitrogens is 2. The summed E-state index contributed by atoms with van der Waals surface area (Å²) in [5.41, 5.74) is 1.44. The molecule has 1 atom stereocenters. The zero-order valence-electron chi connectivity index (χ0n) is 9.09. The number of nitrogens with zero attached hydrogens (tertiary/aromatic N) is 1. The third kappa shape index (κ3) is 2.24. The number of para-hydroxylation sites is 1. The average Bonchev–Trinajstić information content (AvgIpc) is 2.72. The number of carbonyl (C=O) groups is 1. The number of nitrogens with one attached hydrogen (secondary N) is 2. The molecule has 0 radical (unpaired) electrons. The Bertz CT molecular complexity index is 555. The van der Waals surface area contributed by atoms with Gasteiger partial charge in [-0.05, 0) is 6.07 Å². The van der Waals surface area contributed by atoms with Gasteiger partial charge in [-0.25, -0.2) is 0 Å². The van der Waals surface area contributed by atoms with Crippen LogP contribution in [0, 0.1) is 0 Å². The molecule has 7 heteroatoms. The van der Waals surface area contributed by atoms with Crippen molar-refractivity contribution in [3.8, 4) is 0 Å². The third-order valence-corrected chi connectivity index (χ3v) is 2.48. The summed E-state index contributed by atoms with van der Waals surface area (Å²) in [5.74, 6) is -1.10. The van der Waals surface area contributed by atoms with E-state index in [4.69, 9.17) is 5.11 Å². The number of benzene rings is 1. The molecule has 1 amide bonds. The Morgan fingerprint density at radius 1 is 1.50 bits per heavy atom. The van der Waals surface area contributed by atoms with Crippen molar-refractivity contribution >= 4 is 23.3 Å². The van der Waals surface area contributed by atoms with Crippen LogP contribution in [0.4, 0.5) is 0 Å². The summed E-state index contributed by atoms with van der Waals surface area (Å²) in [6.45, 7) is 0. The number of aromatic amines is 1. The van der Waals surface area contributed by atoms with E-state index in [1.54, 1.807) is 0 Å². The van der Waals surface area contributed by atoms with Gasteiger partial charge >= 0.3 is 5.97 Å². The maximum absolute atomic E-state index is 10.9. The van der Waals surface area contributed by atoms with E-state index >= 15 is 0 Å². The molecule has 0 spiro atoms. The SMILES string of the molecule is O=[C-]N[C@@H](Cc1[nH]nc2ccccc12)C(=O)O.[Fm]. The minimum atomic E-state index is -1.10. The maximum Gasteiger partial charge on any atom is 0.323 e. The van der Waals surface area contributed by atoms with Crippen LogP contribution in [0.3, 0.4) is 0 Å². The minimum absolute atomic E-state index is 0. The molecule has 1 heterocycles. The van der Waals surface area contributed by atoms with E-state index in [-0.39, 0.29) is 6.42 Å². The van der Waals surface area contributed by atoms with Gasteiger partial charge in [0.05, 0.1) is 5.52 Å². The van der Waals surface area contributed by atoms with E-state index in [1.165, 1.54) is 6.41 Å². The van der Waals surface area contributed by atoms with Gasteiger partial charge in [0.25, 0.3) is 0 Å². The van der Waals surface area contributed by atoms with Crippen molar-refractivity contribution in [2.75, 3.05) is 0 Å². The molecule has 0 aliphatic rings. The molecule has 100 valence electrons. The molecule has 2 rings (SSSR count). The van der Waals surface area contributed by atoms with Crippen LogP contribution in [0.2, 0.25) is 0 Å². The first-order valence-corrected chi connectivity index (χ1v) is 5.00. The Hall–Kier alpha value is -3.37. The summed E-state index contributed by atoms with van der Waals surface area (Å²) in [4.78, 5) is 21.1. The molecular weight excluding hydrogens is 479 g/mol. The van der Waals surface area contributed by atoms with Crippen molar-refractivity contribution in [1.29, 1.82) is 0 Å². The first-order valence-electron chi connectivity index (χ1n) is 5.00. The predicted molar refractivity (Wildman–Crippen MR) is 60.1 cm³/mol. The number of H-pyrrole nitrogens is 1. The molecule has 6 nitrogen and oxygen atoms in total. The first kappa shape index (κ1) is 12.7. The van der Waals surface area contributed by atoms with Crippen LogP contribution in [0.1, 0.15) is 5.69 Å². The van der Waals surface area contributed by atoms with E-state index in [0.717, 1.165) is 10.9 Å². The number of rotatable bonds is 5. The van der Waals surface area contributed by atoms with E-state index in [9.17, 15) is 9.59 Å². The number of carboxylic acid groups (broad SMARTS) is 1. The standard InChI is InChI=1S/C11H10N3O3.Fm/c15-6-12-10(11(16)17)5-9-7-3-1-2-4-8(7)13-14-9;/h1-4,10H,5H2,(H,12,15)(H,13,14)(H,16,17);/q-1;/t10-;/m0./s1. The van der Waals surface area contributed by atoms with Crippen molar-refractivity contribution in [3.63, 3.8) is 0 Å². The number of carboxylic acids is 1. The number of carbonyl (C=O) groups excluding carboxylic acids is 1. The third-order valence-electron chi connectivity index (χ3n) is 2.48. The molecule has 1 aromatic heterocycles. The van der Waals surface area contributed by atoms with Crippen molar-refractivity contribution < 1.29 is 14.7 Å². The van der Waals surface area contributed by atoms with Crippen LogP contribution in [-0.4, -0.2) is 33.7 Å². The fraction of sp³-hybridized carbons (Fsp3) is 0.182. The van der Waals surface area contributed by atoms with Crippen molar-refractivity contribution in [2.24, 2.45) is 0 Å². The summed E-state index contributed by atoms with van der Waals surface area (Å²) < 4.78 is 0. The summed E-state index contributed by atoms with van der Waals surface area (Å²) in [7, 11) is 0. The fourth-order valence-corrected chi connectivity index (χ4v) is 1.65. The van der Waals surface area contributed by atoms with E-state index in [0.29, 0.717) is 5.69 Å². The quantitative estimate of drug-likeness (QED) is 0.414. The van der Waals surface area contributed by atoms with Gasteiger partial charge in [-0.2, -0.15) is 11.5 Å². The Morgan fingerprint density at radius 2 is 2.22 bits per heavy atom. The fourth-order valence-electron chi connectivity index (χ4n) is 1.65. The minimum Gasteiger partial charge on any atom is -0.520 e. The summed E-state index contributed by atoms with van der Waals surface area (Å²) >= 11 is 0. The van der Waals surface area contributed by atoms with Crippen LogP contribution in [0.5, 0.6) is 0 Å². The Labute approximate surface area is 96.6 Å². The monoisotopic (exact) mass is 489 g/mol. The van der Waals surface area contributed by atoms with Crippen molar-refractivity contribution in [3.05, 3.63) is 30.0 Å². The van der Waals surface area contributed by atoms with Gasteiger partial charge in [-0.15, -0.1) is 0 Å². The second kappa shape index (κ2) is 5.11. The zero-order chi connectivity index (χ0) is 12.3. The van der Waals surface area contributed by atoms with E-state index < -0.39 is 12.0 Å². The normalized spacial score (nSPS) is 11.6. The van der Waals surface area contributed by atoms with Gasteiger partial charge in [0, 0.05) is 17.5 Å². The van der Waals surface area contributed by atoms with Crippen LogP contribution < -0.4 is 5.32 Å². The summed E-state index contributed by atoms with van der Waals surface area (Å²) in [6, 6.07) is 6.36. The van der Waals surface area contributed by atoms with Gasteiger partial charge < -0.3 is 15.2 Å². The number of hydrogen-bond acceptors (Lipinski definition) is 3. The average molecular weight is 489 g/mol. The number of hydrogen-bond donors (Lipinski definition) is 3. The number of fused-ring (bicyclic) bond motifs is 1. The molecule has 0 aliphatic carbocycles. The second-order valence-corrected chi connectivity index (χ2v) is 3.56. The van der Waals surface area contributed by atoms with Crippen LogP contribution in [0.15, 0.2) is 24.3 Å². The van der Waals surface area contributed by atoms with Gasteiger partial charge in [0.2, 0.25) is 0 Å². The molecule has 1 aromatic carbocycles. The summed E-state index contributed by atoms with van der Waals surface area (Å²) in [5, 5.41) is 18.7. The molecule has 0 bridgehead atoms. The van der Waals surface area contributed by atoms with Crippen molar-refractivity contribution in [1.82, 2.24) is 15.5 Å². The molecule has 18 heavy (non-hydrogen) atoms. The first-order chi connectivity index (χ1) is 8.22. The van der Waals surface area contributed by atoms with Gasteiger partial charge in [0.15, 0.2) is 0 Å². The molecular formula is C11H10FmN3O3-. The Kier molecular flexibility index (Phi) is 3.60. The number of amides is 1. The predicted octanol–water partition coefficient (Wildman–Crippen LogP) is 0.215. The molecule has 0 saturated carbocycles. The van der Waals surface area contributed by atoms with Crippen LogP contribution in [0.25, 0.3) is 10.9 Å². The molecule has 0 aliphatic heterocycles. The number of aliphatic carboxylic acids is 1. The molecule has 0 saturated heterocycles. The molecule has 0 unspecified atom stereocenters. The van der Waals surface area contributed by atoms with Crippen LogP contribution >= 0.6 is 0 Å². The maximum atomic E-state index is 10.9. The van der Waals surface area contributed by atoms with Crippen molar-refractivity contribution in [2.45, 2.75) is 12.5 Å². The largest absolute Gasteiger partial charge is 0.520 e. The molecule has 2 aromatic rings. The summed E-state index contributed by atoms with van der Waals surface area (Å²) in [6.07, 6.45) is 1.54. The zero-order valence-corrected chi connectivity index (χ0v) is 11.5. The molecule has 0 fully saturated rings. The van der Waals surface area contributed by atoms with Crippen LogP contribution in [-0.2, 0) is 16.0 Å². The molecule has 3 N–H and O–H groups in total. The smallest absolute Gasteiger partial charge is 0.323 e. The Morgan fingerprint density at radius 3 is 2.89 bits per heavy atom. The topological polar surface area (TPSA) is 95.1 Å². The van der Waals surface area contributed by atoms with Gasteiger partial charge in [-0.3, -0.25) is 9.89 Å². The van der Waals surface area contributed by atoms with Gasteiger partial charge in [-0.1, -0.05) is 18.2 Å².